The third-order valence-electron chi connectivity index (χ3n) is 4.39. The maximum Gasteiger partial charge on any atom is 0.194 e. The molecule has 0 radical (unpaired) electrons. The second-order valence-corrected chi connectivity index (χ2v) is 6.05. The second kappa shape index (κ2) is 6.33. The van der Waals surface area contributed by atoms with Crippen molar-refractivity contribution in [3.63, 3.8) is 0 Å². The van der Waals surface area contributed by atoms with E-state index in [0.29, 0.717) is 6.04 Å². The van der Waals surface area contributed by atoms with Crippen molar-refractivity contribution in [1.29, 1.82) is 0 Å². The molecule has 0 amide bonds. The lowest BCUT2D eigenvalue weighted by Gasteiger charge is -2.30. The van der Waals surface area contributed by atoms with E-state index in [4.69, 9.17) is 0 Å². The second-order valence-electron chi connectivity index (χ2n) is 6.05. The molecular weight excluding hydrogens is 258 g/mol. The van der Waals surface area contributed by atoms with Crippen molar-refractivity contribution in [1.82, 2.24) is 10.2 Å². The van der Waals surface area contributed by atoms with Crippen molar-refractivity contribution in [2.75, 3.05) is 19.6 Å². The van der Waals surface area contributed by atoms with Gasteiger partial charge in [-0.1, -0.05) is 43.3 Å². The average molecular weight is 283 g/mol. The zero-order valence-electron chi connectivity index (χ0n) is 13.0. The average Bonchev–Trinajstić information content (AvgIpc) is 3.23. The lowest BCUT2D eigenvalue weighted by atomic mass is 10.00. The van der Waals surface area contributed by atoms with Crippen molar-refractivity contribution in [3.8, 4) is 0 Å². The van der Waals surface area contributed by atoms with Gasteiger partial charge < -0.3 is 10.2 Å². The fourth-order valence-corrected chi connectivity index (χ4v) is 2.85. The zero-order valence-corrected chi connectivity index (χ0v) is 13.0. The summed E-state index contributed by atoms with van der Waals surface area (Å²) < 4.78 is 0. The molecule has 3 nitrogen and oxygen atoms in total. The van der Waals surface area contributed by atoms with Gasteiger partial charge in [-0.2, -0.15) is 0 Å². The molecule has 1 aliphatic heterocycles. The predicted octanol–water partition coefficient (Wildman–Crippen LogP) is 3.15. The maximum atomic E-state index is 4.66. The molecule has 2 unspecified atom stereocenters. The molecular formula is C18H25N3. The van der Waals surface area contributed by atoms with E-state index in [9.17, 15) is 0 Å². The van der Waals surface area contributed by atoms with Crippen LogP contribution >= 0.6 is 0 Å². The lowest BCUT2D eigenvalue weighted by molar-refractivity contribution is 0.437. The molecule has 3 heteroatoms. The minimum Gasteiger partial charge on any atom is -0.353 e. The number of nitrogens with one attached hydrogen (secondary N) is 1. The van der Waals surface area contributed by atoms with E-state index >= 15 is 0 Å². The Morgan fingerprint density at radius 1 is 1.33 bits per heavy atom. The molecule has 0 aromatic heterocycles. The third-order valence-corrected chi connectivity index (χ3v) is 4.39. The Bertz CT molecular complexity index is 533. The highest BCUT2D eigenvalue weighted by Crippen LogP contribution is 2.29. The first-order valence-corrected chi connectivity index (χ1v) is 8.08. The van der Waals surface area contributed by atoms with Crippen LogP contribution in [0.5, 0.6) is 0 Å². The molecule has 1 fully saturated rings. The Morgan fingerprint density at radius 3 is 2.67 bits per heavy atom. The van der Waals surface area contributed by atoms with Gasteiger partial charge in [-0.05, 0) is 36.8 Å². The summed E-state index contributed by atoms with van der Waals surface area (Å²) in [6.45, 7) is 7.25. The summed E-state index contributed by atoms with van der Waals surface area (Å²) in [5.74, 6) is 1.89. The van der Waals surface area contributed by atoms with Gasteiger partial charge in [-0.15, -0.1) is 0 Å². The van der Waals surface area contributed by atoms with Gasteiger partial charge in [0.05, 0.1) is 0 Å². The molecule has 2 atom stereocenters. The summed E-state index contributed by atoms with van der Waals surface area (Å²) in [6, 6.07) is 11.3. The molecule has 0 saturated heterocycles. The van der Waals surface area contributed by atoms with Crippen LogP contribution in [0.2, 0.25) is 0 Å². The van der Waals surface area contributed by atoms with Crippen molar-refractivity contribution >= 4 is 11.5 Å². The van der Waals surface area contributed by atoms with Crippen molar-refractivity contribution in [3.05, 3.63) is 42.0 Å². The van der Waals surface area contributed by atoms with Gasteiger partial charge in [0.1, 0.15) is 0 Å². The number of hydrogen-bond acceptors (Lipinski definition) is 1. The van der Waals surface area contributed by atoms with E-state index in [1.165, 1.54) is 17.6 Å². The van der Waals surface area contributed by atoms with Crippen LogP contribution in [0, 0.1) is 5.92 Å². The first-order valence-electron chi connectivity index (χ1n) is 8.08. The summed E-state index contributed by atoms with van der Waals surface area (Å²) >= 11 is 0. The number of rotatable bonds is 3. The standard InChI is InChI=1S/C18H25N3/c1-3-19-18(20-17-13-14(17)2)21-11-9-16(10-12-21)15-7-5-4-6-8-15/h4-9,14,17H,3,10-13H2,1-2H3,(H,19,20). The number of hydrogen-bond donors (Lipinski definition) is 1. The highest BCUT2D eigenvalue weighted by atomic mass is 15.3. The SMILES string of the molecule is CCN=C(NC1CC1C)N1CC=C(c2ccccc2)CC1. The molecule has 112 valence electrons. The molecule has 1 aromatic carbocycles. The van der Waals surface area contributed by atoms with Crippen LogP contribution in [-0.4, -0.2) is 36.5 Å². The van der Waals surface area contributed by atoms with Crippen molar-refractivity contribution < 1.29 is 0 Å². The Kier molecular flexibility index (Phi) is 4.28. The van der Waals surface area contributed by atoms with Crippen LogP contribution < -0.4 is 5.32 Å². The van der Waals surface area contributed by atoms with Gasteiger partial charge in [0.25, 0.3) is 0 Å². The van der Waals surface area contributed by atoms with E-state index in [-0.39, 0.29) is 0 Å². The largest absolute Gasteiger partial charge is 0.353 e. The Labute approximate surface area is 127 Å². The molecule has 0 bridgehead atoms. The number of guanidine groups is 1. The molecule has 1 aliphatic carbocycles. The third kappa shape index (κ3) is 3.46. The minimum atomic E-state index is 0.634. The zero-order chi connectivity index (χ0) is 14.7. The number of nitrogens with zero attached hydrogens (tertiary/aromatic N) is 2. The van der Waals surface area contributed by atoms with E-state index in [0.717, 1.165) is 37.9 Å². The first-order chi connectivity index (χ1) is 10.3. The molecule has 21 heavy (non-hydrogen) atoms. The summed E-state index contributed by atoms with van der Waals surface area (Å²) in [5, 5.41) is 3.61. The molecule has 1 N–H and O–H groups in total. The lowest BCUT2D eigenvalue weighted by Crippen LogP contribution is -2.44. The monoisotopic (exact) mass is 283 g/mol. The van der Waals surface area contributed by atoms with Gasteiger partial charge in [0.2, 0.25) is 0 Å². The smallest absolute Gasteiger partial charge is 0.194 e. The van der Waals surface area contributed by atoms with E-state index < -0.39 is 0 Å². The van der Waals surface area contributed by atoms with Crippen molar-refractivity contribution in [2.24, 2.45) is 10.9 Å². The van der Waals surface area contributed by atoms with Crippen molar-refractivity contribution in [2.45, 2.75) is 32.7 Å². The predicted molar refractivity (Wildman–Crippen MR) is 89.3 cm³/mol. The maximum absolute atomic E-state index is 4.66. The quantitative estimate of drug-likeness (QED) is 0.681. The summed E-state index contributed by atoms with van der Waals surface area (Å²) in [6.07, 6.45) is 4.72. The minimum absolute atomic E-state index is 0.634. The molecule has 0 spiro atoms. The van der Waals surface area contributed by atoms with Crippen LogP contribution in [0.4, 0.5) is 0 Å². The Morgan fingerprint density at radius 2 is 2.10 bits per heavy atom. The Balaban J connectivity index is 1.65. The van der Waals surface area contributed by atoms with Gasteiger partial charge >= 0.3 is 0 Å². The topological polar surface area (TPSA) is 27.6 Å². The van der Waals surface area contributed by atoms with Gasteiger partial charge in [-0.3, -0.25) is 4.99 Å². The van der Waals surface area contributed by atoms with E-state index in [1.807, 2.05) is 0 Å². The molecule has 1 heterocycles. The summed E-state index contributed by atoms with van der Waals surface area (Å²) in [5.41, 5.74) is 2.82. The molecule has 3 rings (SSSR count). The fourth-order valence-electron chi connectivity index (χ4n) is 2.85. The first kappa shape index (κ1) is 14.2. The van der Waals surface area contributed by atoms with Crippen LogP contribution in [0.15, 0.2) is 41.4 Å². The van der Waals surface area contributed by atoms with E-state index in [2.05, 4.69) is 65.5 Å². The van der Waals surface area contributed by atoms with Gasteiger partial charge in [0, 0.05) is 25.7 Å². The molecule has 1 saturated carbocycles. The van der Waals surface area contributed by atoms with E-state index in [1.54, 1.807) is 0 Å². The molecule has 2 aliphatic rings. The summed E-state index contributed by atoms with van der Waals surface area (Å²) in [7, 11) is 0. The highest BCUT2D eigenvalue weighted by molar-refractivity contribution is 5.82. The van der Waals surface area contributed by atoms with Crippen LogP contribution in [0.1, 0.15) is 32.3 Å². The highest BCUT2D eigenvalue weighted by Gasteiger charge is 2.34. The Hall–Kier alpha value is -1.77. The van der Waals surface area contributed by atoms with Gasteiger partial charge in [-0.25, -0.2) is 0 Å². The van der Waals surface area contributed by atoms with Gasteiger partial charge in [0.15, 0.2) is 5.96 Å². The molecule has 1 aromatic rings. The number of aliphatic imine (C=N–C) groups is 1. The van der Waals surface area contributed by atoms with Crippen LogP contribution in [-0.2, 0) is 0 Å². The normalized spacial score (nSPS) is 25.5. The fraction of sp³-hybridized carbons (Fsp3) is 0.500. The number of benzene rings is 1. The van der Waals surface area contributed by atoms with Crippen LogP contribution in [0.25, 0.3) is 5.57 Å². The summed E-state index contributed by atoms with van der Waals surface area (Å²) in [4.78, 5) is 7.04. The van der Waals surface area contributed by atoms with Crippen LogP contribution in [0.3, 0.4) is 0 Å².